The van der Waals surface area contributed by atoms with E-state index in [0.717, 1.165) is 12.8 Å². The summed E-state index contributed by atoms with van der Waals surface area (Å²) in [7, 11) is 0. The number of fused-ring (bicyclic) bond motifs is 7. The summed E-state index contributed by atoms with van der Waals surface area (Å²) in [5.74, 6) is 0. The average molecular weight is 1000 g/mol. The monoisotopic (exact) mass is 1000 g/mol. The molecule has 382 valence electrons. The number of hydrogen-bond donors (Lipinski definition) is 0. The molecule has 3 heterocycles. The van der Waals surface area contributed by atoms with Crippen molar-refractivity contribution in [3.63, 3.8) is 0 Å². The third-order valence-corrected chi connectivity index (χ3v) is 18.2. The second kappa shape index (κ2) is 17.7. The zero-order valence-electron chi connectivity index (χ0n) is 46.9. The Hall–Kier alpha value is -7.56. The minimum absolute atomic E-state index is 0.0177. The van der Waals surface area contributed by atoms with Crippen LogP contribution in [0.25, 0.3) is 22.3 Å². The van der Waals surface area contributed by atoms with Gasteiger partial charge in [0.15, 0.2) is 0 Å². The van der Waals surface area contributed by atoms with E-state index in [4.69, 9.17) is 0 Å². The van der Waals surface area contributed by atoms with Crippen LogP contribution in [-0.4, -0.2) is 12.3 Å². The summed E-state index contributed by atoms with van der Waals surface area (Å²) >= 11 is 0. The summed E-state index contributed by atoms with van der Waals surface area (Å²) in [6, 6.07) is 79.7. The fourth-order valence-electron chi connectivity index (χ4n) is 14.3. The molecule has 0 N–H and O–H groups in total. The first kappa shape index (κ1) is 49.0. The van der Waals surface area contributed by atoms with Crippen molar-refractivity contribution >= 4 is 68.6 Å². The third kappa shape index (κ3) is 7.60. The van der Waals surface area contributed by atoms with Gasteiger partial charge in [-0.2, -0.15) is 0 Å². The molecule has 1 saturated carbocycles. The number of para-hydroxylation sites is 2. The fraction of sp³-hybridized carbons (Fsp3) is 0.260. The molecule has 3 nitrogen and oxygen atoms in total. The van der Waals surface area contributed by atoms with E-state index in [2.05, 4.69) is 290 Å². The fourth-order valence-corrected chi connectivity index (χ4v) is 14.3. The minimum Gasteiger partial charge on any atom is -0.334 e. The molecule has 77 heavy (non-hydrogen) atoms. The third-order valence-electron chi connectivity index (χ3n) is 18.2. The van der Waals surface area contributed by atoms with E-state index in [1.165, 1.54) is 125 Å². The lowest BCUT2D eigenvalue weighted by molar-refractivity contribution is 0.215. The first-order valence-corrected chi connectivity index (χ1v) is 28.3. The number of rotatable bonds is 6. The molecule has 0 amide bonds. The Bertz CT molecular complexity index is 3570. The topological polar surface area (TPSA) is 9.72 Å². The Morgan fingerprint density at radius 3 is 1.29 bits per heavy atom. The molecule has 0 bridgehead atoms. The van der Waals surface area contributed by atoms with Gasteiger partial charge in [-0.05, 0) is 146 Å². The van der Waals surface area contributed by atoms with Crippen LogP contribution in [0.4, 0.5) is 45.5 Å². The maximum Gasteiger partial charge on any atom is 0.252 e. The van der Waals surface area contributed by atoms with Crippen LogP contribution in [0.5, 0.6) is 0 Å². The van der Waals surface area contributed by atoms with E-state index in [9.17, 15) is 0 Å². The molecule has 13 rings (SSSR count). The summed E-state index contributed by atoms with van der Waals surface area (Å²) in [5, 5.41) is 0. The van der Waals surface area contributed by atoms with Gasteiger partial charge in [-0.25, -0.2) is 0 Å². The van der Waals surface area contributed by atoms with Crippen molar-refractivity contribution in [2.75, 3.05) is 14.7 Å². The van der Waals surface area contributed by atoms with Crippen molar-refractivity contribution in [3.05, 3.63) is 234 Å². The van der Waals surface area contributed by atoms with Crippen molar-refractivity contribution in [1.29, 1.82) is 0 Å². The first-order chi connectivity index (χ1) is 37.0. The normalized spacial score (nSPS) is 18.6. The van der Waals surface area contributed by atoms with Crippen molar-refractivity contribution in [2.45, 2.75) is 122 Å². The lowest BCUT2D eigenvalue weighted by Gasteiger charge is -2.53. The van der Waals surface area contributed by atoms with Crippen LogP contribution in [-0.2, 0) is 21.7 Å². The van der Waals surface area contributed by atoms with Crippen molar-refractivity contribution < 1.29 is 0 Å². The molecular weight excluding hydrogens is 930 g/mol. The SMILES string of the molecule is CC(C)(C)c1ccc(N2c3ccccc3B3c4ccccc4N(c4ccc(C(C)(C)C)cc4-c4ccccc4)c4cc(N5c6ccc(C(C)(C)C)cc6C6(c7ccccc7)CCCCC56C)cc2c43)c(-c2ccccc2)c1. The smallest absolute Gasteiger partial charge is 0.252 e. The van der Waals surface area contributed by atoms with Crippen molar-refractivity contribution in [2.24, 2.45) is 0 Å². The van der Waals surface area contributed by atoms with Gasteiger partial charge in [0.2, 0.25) is 0 Å². The Labute approximate surface area is 459 Å². The molecule has 0 saturated heterocycles. The highest BCUT2D eigenvalue weighted by molar-refractivity contribution is 7.00. The van der Waals surface area contributed by atoms with Gasteiger partial charge in [0, 0.05) is 50.7 Å². The van der Waals surface area contributed by atoms with Crippen LogP contribution in [0, 0.1) is 0 Å². The van der Waals surface area contributed by atoms with Gasteiger partial charge in [0.05, 0.1) is 16.9 Å². The van der Waals surface area contributed by atoms with E-state index < -0.39 is 0 Å². The van der Waals surface area contributed by atoms with E-state index in [-0.39, 0.29) is 33.9 Å². The van der Waals surface area contributed by atoms with Crippen LogP contribution in [0.15, 0.2) is 206 Å². The van der Waals surface area contributed by atoms with Crippen LogP contribution in [0.2, 0.25) is 0 Å². The molecule has 0 spiro atoms. The molecule has 1 fully saturated rings. The Kier molecular flexibility index (Phi) is 11.3. The summed E-state index contributed by atoms with van der Waals surface area (Å²) in [5.41, 5.74) is 24.8. The molecule has 3 aliphatic heterocycles. The van der Waals surface area contributed by atoms with Gasteiger partial charge in [0.25, 0.3) is 6.71 Å². The Morgan fingerprint density at radius 2 is 0.805 bits per heavy atom. The van der Waals surface area contributed by atoms with Gasteiger partial charge in [-0.1, -0.05) is 227 Å². The zero-order valence-corrected chi connectivity index (χ0v) is 46.9. The zero-order chi connectivity index (χ0) is 53.2. The maximum absolute atomic E-state index is 2.84. The Morgan fingerprint density at radius 1 is 0.390 bits per heavy atom. The highest BCUT2D eigenvalue weighted by Crippen LogP contribution is 2.65. The molecule has 0 radical (unpaired) electrons. The quantitative estimate of drug-likeness (QED) is 0.154. The van der Waals surface area contributed by atoms with Gasteiger partial charge < -0.3 is 14.7 Å². The van der Waals surface area contributed by atoms with Gasteiger partial charge in [-0.15, -0.1) is 0 Å². The second-order valence-electron chi connectivity index (χ2n) is 25.9. The predicted molar refractivity (Wildman–Crippen MR) is 330 cm³/mol. The van der Waals surface area contributed by atoms with Crippen LogP contribution < -0.4 is 31.1 Å². The van der Waals surface area contributed by atoms with Crippen LogP contribution in [0.3, 0.4) is 0 Å². The molecule has 4 heteroatoms. The number of benzene rings is 9. The molecule has 2 unspecified atom stereocenters. The van der Waals surface area contributed by atoms with Crippen LogP contribution in [0.1, 0.15) is 123 Å². The number of hydrogen-bond acceptors (Lipinski definition) is 3. The summed E-state index contributed by atoms with van der Waals surface area (Å²) in [6.45, 7) is 23.7. The number of nitrogens with zero attached hydrogens (tertiary/aromatic N) is 3. The first-order valence-electron chi connectivity index (χ1n) is 28.3. The van der Waals surface area contributed by atoms with Gasteiger partial charge in [0.1, 0.15) is 0 Å². The molecule has 0 aromatic heterocycles. The molecule has 4 aliphatic rings. The maximum atomic E-state index is 2.84. The van der Waals surface area contributed by atoms with Gasteiger partial charge >= 0.3 is 0 Å². The molecule has 9 aromatic carbocycles. The standard InChI is InChI=1S/C73H72BN3/c1-69(2,3)52-36-39-61(56(44-52)49-26-14-11-15-27-49)75-64-34-22-20-32-59(64)74-60-33-21-23-35-65(60)76(62-40-37-53(70(4,5)6)45-57(62)50-28-16-12-17-29-50)67-48-55(47-66(75)68(67)74)77-63-41-38-54(71(7,8)9)46-58(63)73(51-30-18-13-19-31-51)43-25-24-42-72(73,77)10/h11-23,26-41,44-48H,24-25,42-43H2,1-10H3. The molecular formula is C73H72BN3. The molecule has 9 aromatic rings. The molecule has 2 atom stereocenters. The highest BCUT2D eigenvalue weighted by Gasteiger charge is 2.61. The van der Waals surface area contributed by atoms with Crippen molar-refractivity contribution in [1.82, 2.24) is 0 Å². The van der Waals surface area contributed by atoms with Crippen LogP contribution >= 0.6 is 0 Å². The lowest BCUT2D eigenvalue weighted by atomic mass is 9.33. The lowest BCUT2D eigenvalue weighted by Crippen LogP contribution is -2.61. The summed E-state index contributed by atoms with van der Waals surface area (Å²) in [4.78, 5) is 8.15. The predicted octanol–water partition coefficient (Wildman–Crippen LogP) is 17.8. The second-order valence-corrected chi connectivity index (χ2v) is 25.9. The minimum atomic E-state index is -0.298. The van der Waals surface area contributed by atoms with E-state index in [1.54, 1.807) is 0 Å². The summed E-state index contributed by atoms with van der Waals surface area (Å²) < 4.78 is 0. The largest absolute Gasteiger partial charge is 0.334 e. The van der Waals surface area contributed by atoms with E-state index >= 15 is 0 Å². The summed E-state index contributed by atoms with van der Waals surface area (Å²) in [6.07, 6.45) is 4.50. The van der Waals surface area contributed by atoms with Crippen molar-refractivity contribution in [3.8, 4) is 22.3 Å². The van der Waals surface area contributed by atoms with E-state index in [0.29, 0.717) is 0 Å². The Balaban J connectivity index is 1.18. The van der Waals surface area contributed by atoms with E-state index in [1.807, 2.05) is 0 Å². The highest BCUT2D eigenvalue weighted by atomic mass is 15.3. The average Bonchev–Trinajstić information content (AvgIpc) is 3.84. The number of anilines is 8. The van der Waals surface area contributed by atoms with Gasteiger partial charge in [-0.3, -0.25) is 0 Å². The molecule has 1 aliphatic carbocycles.